The second-order valence-electron chi connectivity index (χ2n) is 20.8. The van der Waals surface area contributed by atoms with E-state index in [2.05, 4.69) is 38.2 Å². The molecule has 4 unspecified atom stereocenters. The zero-order chi connectivity index (χ0) is 53.2. The van der Waals surface area contributed by atoms with Gasteiger partial charge in [-0.25, -0.2) is 0 Å². The molecule has 2 aliphatic rings. The number of esters is 2. The Morgan fingerprint density at radius 2 is 0.836 bits per heavy atom. The van der Waals surface area contributed by atoms with Gasteiger partial charge in [-0.1, -0.05) is 212 Å². The van der Waals surface area contributed by atoms with E-state index in [1.165, 1.54) is 135 Å². The first kappa shape index (κ1) is 67.1. The summed E-state index contributed by atoms with van der Waals surface area (Å²) in [6, 6.07) is 0. The molecular formula is C58H106O15. The third kappa shape index (κ3) is 32.4. The van der Waals surface area contributed by atoms with Crippen molar-refractivity contribution in [3.63, 3.8) is 0 Å². The number of aliphatic hydroxyl groups is 7. The van der Waals surface area contributed by atoms with Crippen molar-refractivity contribution < 1.29 is 73.8 Å². The van der Waals surface area contributed by atoms with Crippen LogP contribution in [0.5, 0.6) is 0 Å². The molecule has 0 radical (unpaired) electrons. The van der Waals surface area contributed by atoms with Crippen molar-refractivity contribution in [2.75, 3.05) is 26.4 Å². The van der Waals surface area contributed by atoms with Crippen molar-refractivity contribution in [1.82, 2.24) is 0 Å². The normalized spacial score (nSPS) is 24.9. The van der Waals surface area contributed by atoms with Gasteiger partial charge >= 0.3 is 11.9 Å². The van der Waals surface area contributed by atoms with Crippen LogP contribution in [-0.4, -0.2) is 142 Å². The van der Waals surface area contributed by atoms with E-state index in [0.717, 1.165) is 64.2 Å². The maximum Gasteiger partial charge on any atom is 0.306 e. The molecule has 0 aromatic rings. The van der Waals surface area contributed by atoms with Gasteiger partial charge in [0.2, 0.25) is 0 Å². The Labute approximate surface area is 441 Å². The largest absolute Gasteiger partial charge is 0.462 e. The Bertz CT molecular complexity index is 1360. The van der Waals surface area contributed by atoms with Gasteiger partial charge in [0.25, 0.3) is 0 Å². The highest BCUT2D eigenvalue weighted by molar-refractivity contribution is 5.70. The maximum absolute atomic E-state index is 13.0. The van der Waals surface area contributed by atoms with E-state index in [0.29, 0.717) is 12.8 Å². The van der Waals surface area contributed by atoms with E-state index in [9.17, 15) is 45.3 Å². The lowest BCUT2D eigenvalue weighted by Gasteiger charge is -2.42. The van der Waals surface area contributed by atoms with Gasteiger partial charge in [0.1, 0.15) is 55.4 Å². The van der Waals surface area contributed by atoms with Crippen LogP contribution in [0.1, 0.15) is 239 Å². The van der Waals surface area contributed by atoms with Gasteiger partial charge in [0.15, 0.2) is 18.7 Å². The molecule has 428 valence electrons. The summed E-state index contributed by atoms with van der Waals surface area (Å²) in [6.45, 7) is 2.58. The SMILES string of the molecule is CCCC/C=C/C/C=C/CCCCCCCC(=O)O[C@@H](COC(=O)CCCCCCCCCCCCCCCCCCCCCCCCC)CO[C@@H]1O[C@H](CO[C@@H]2O[C@H](CO)[C@H](O)C(O)C2O)[C@H](O)C(O)C1O. The van der Waals surface area contributed by atoms with E-state index in [4.69, 9.17) is 28.4 Å². The minimum atomic E-state index is -1.77. The zero-order valence-electron chi connectivity index (χ0n) is 45.6. The Kier molecular flexibility index (Phi) is 41.4. The third-order valence-electron chi connectivity index (χ3n) is 14.2. The molecule has 2 rings (SSSR count). The Morgan fingerprint density at radius 1 is 0.438 bits per heavy atom. The molecule has 11 atom stereocenters. The van der Waals surface area contributed by atoms with Crippen LogP contribution in [0, 0.1) is 0 Å². The molecule has 2 saturated heterocycles. The molecule has 0 saturated carbocycles. The summed E-state index contributed by atoms with van der Waals surface area (Å²) in [4.78, 5) is 25.9. The van der Waals surface area contributed by atoms with Crippen molar-refractivity contribution >= 4 is 11.9 Å². The van der Waals surface area contributed by atoms with Crippen LogP contribution in [0.3, 0.4) is 0 Å². The fraction of sp³-hybridized carbons (Fsp3) is 0.897. The van der Waals surface area contributed by atoms with Gasteiger partial charge in [-0.15, -0.1) is 0 Å². The number of carbonyl (C=O) groups excluding carboxylic acids is 2. The second kappa shape index (κ2) is 45.0. The molecular weight excluding hydrogens is 937 g/mol. The monoisotopic (exact) mass is 1040 g/mol. The van der Waals surface area contributed by atoms with Gasteiger partial charge in [-0.05, 0) is 38.5 Å². The summed E-state index contributed by atoms with van der Waals surface area (Å²) in [7, 11) is 0. The molecule has 2 fully saturated rings. The van der Waals surface area contributed by atoms with E-state index in [1.807, 2.05) is 0 Å². The quantitative estimate of drug-likeness (QED) is 0.0171. The molecule has 0 aromatic heterocycles. The van der Waals surface area contributed by atoms with Crippen LogP contribution in [0.4, 0.5) is 0 Å². The highest BCUT2D eigenvalue weighted by Gasteiger charge is 2.47. The number of rotatable bonds is 47. The number of allylic oxidation sites excluding steroid dienone is 4. The lowest BCUT2D eigenvalue weighted by molar-refractivity contribution is -0.332. The minimum Gasteiger partial charge on any atom is -0.462 e. The molecule has 0 aromatic carbocycles. The smallest absolute Gasteiger partial charge is 0.306 e. The lowest BCUT2D eigenvalue weighted by atomic mass is 9.98. The number of hydrogen-bond donors (Lipinski definition) is 7. The average Bonchev–Trinajstić information content (AvgIpc) is 3.38. The van der Waals surface area contributed by atoms with E-state index < -0.39 is 92.7 Å². The Hall–Kier alpha value is -2.02. The molecule has 0 bridgehead atoms. The zero-order valence-corrected chi connectivity index (χ0v) is 45.6. The van der Waals surface area contributed by atoms with Crippen molar-refractivity contribution in [1.29, 1.82) is 0 Å². The summed E-state index contributed by atoms with van der Waals surface area (Å²) in [5.41, 5.74) is 0. The Balaban J connectivity index is 1.71. The molecule has 0 amide bonds. The van der Waals surface area contributed by atoms with Crippen molar-refractivity contribution in [3.8, 4) is 0 Å². The van der Waals surface area contributed by atoms with Crippen LogP contribution in [0.2, 0.25) is 0 Å². The molecule has 2 aliphatic heterocycles. The highest BCUT2D eigenvalue weighted by atomic mass is 16.7. The fourth-order valence-corrected chi connectivity index (χ4v) is 9.35. The summed E-state index contributed by atoms with van der Waals surface area (Å²) in [6.07, 6.45) is 32.1. The summed E-state index contributed by atoms with van der Waals surface area (Å²) in [5, 5.41) is 72.2. The second-order valence-corrected chi connectivity index (χ2v) is 20.8. The van der Waals surface area contributed by atoms with Crippen LogP contribution < -0.4 is 0 Å². The highest BCUT2D eigenvalue weighted by Crippen LogP contribution is 2.27. The molecule has 15 heteroatoms. The molecule has 2 heterocycles. The molecule has 15 nitrogen and oxygen atoms in total. The van der Waals surface area contributed by atoms with E-state index in [1.54, 1.807) is 0 Å². The number of unbranched alkanes of at least 4 members (excludes halogenated alkanes) is 29. The number of hydrogen-bond acceptors (Lipinski definition) is 15. The first-order chi connectivity index (χ1) is 35.5. The topological polar surface area (TPSA) is 231 Å². The van der Waals surface area contributed by atoms with Gasteiger partial charge in [-0.2, -0.15) is 0 Å². The average molecular weight is 1040 g/mol. The predicted molar refractivity (Wildman–Crippen MR) is 284 cm³/mol. The van der Waals surface area contributed by atoms with E-state index >= 15 is 0 Å². The molecule has 73 heavy (non-hydrogen) atoms. The standard InChI is InChI=1S/C58H106O15/c1-3-5-7-9-11-13-15-17-19-20-21-22-23-24-25-26-27-29-30-32-34-36-38-40-49(60)68-43-46(71-50(61)41-39-37-35-33-31-28-18-16-14-12-10-8-6-4-2)44-69-57-56(67)54(65)52(63)48(73-57)45-70-58-55(66)53(64)51(62)47(42-59)72-58/h10,12,16,18,46-48,51-59,62-67H,3-9,11,13-15,17,19-45H2,1-2H3/b12-10+,18-16+/t46-,47+,48+,51-,52-,53?,54?,55?,56?,57+,58+/m0/s1. The van der Waals surface area contributed by atoms with Crippen LogP contribution >= 0.6 is 0 Å². The van der Waals surface area contributed by atoms with Crippen LogP contribution in [0.15, 0.2) is 24.3 Å². The minimum absolute atomic E-state index is 0.152. The molecule has 0 aliphatic carbocycles. The first-order valence-electron chi connectivity index (χ1n) is 29.4. The molecule has 7 N–H and O–H groups in total. The van der Waals surface area contributed by atoms with Gasteiger partial charge in [0, 0.05) is 12.8 Å². The summed E-state index contributed by atoms with van der Waals surface area (Å²) >= 11 is 0. The predicted octanol–water partition coefficient (Wildman–Crippen LogP) is 9.89. The third-order valence-corrected chi connectivity index (χ3v) is 14.2. The Morgan fingerprint density at radius 3 is 1.32 bits per heavy atom. The van der Waals surface area contributed by atoms with Crippen molar-refractivity contribution in [2.45, 2.75) is 306 Å². The maximum atomic E-state index is 13.0. The fourth-order valence-electron chi connectivity index (χ4n) is 9.35. The van der Waals surface area contributed by atoms with Crippen molar-refractivity contribution in [3.05, 3.63) is 24.3 Å². The molecule has 0 spiro atoms. The first-order valence-corrected chi connectivity index (χ1v) is 29.4. The lowest BCUT2D eigenvalue weighted by Crippen LogP contribution is -2.61. The van der Waals surface area contributed by atoms with Crippen molar-refractivity contribution in [2.24, 2.45) is 0 Å². The number of ether oxygens (including phenoxy) is 6. The van der Waals surface area contributed by atoms with E-state index in [-0.39, 0.29) is 26.1 Å². The van der Waals surface area contributed by atoms with Gasteiger partial charge in [0.05, 0.1) is 19.8 Å². The summed E-state index contributed by atoms with van der Waals surface area (Å²) < 4.78 is 33.7. The number of aliphatic hydroxyl groups excluding tert-OH is 7. The van der Waals surface area contributed by atoms with Crippen LogP contribution in [-0.2, 0) is 38.0 Å². The van der Waals surface area contributed by atoms with Gasteiger partial charge < -0.3 is 64.2 Å². The van der Waals surface area contributed by atoms with Gasteiger partial charge in [-0.3, -0.25) is 9.59 Å². The number of carbonyl (C=O) groups is 2. The summed E-state index contributed by atoms with van der Waals surface area (Å²) in [5.74, 6) is -0.929. The van der Waals surface area contributed by atoms with Crippen LogP contribution in [0.25, 0.3) is 0 Å².